The Labute approximate surface area is 87.7 Å². The number of aromatic nitrogens is 2. The number of ketones is 1. The largest absolute Gasteiger partial charge is 0.334 e. The number of aryl methyl sites for hydroxylation is 1. The van der Waals surface area contributed by atoms with E-state index in [4.69, 9.17) is 0 Å². The highest BCUT2D eigenvalue weighted by molar-refractivity contribution is 6.05. The van der Waals surface area contributed by atoms with Crippen LogP contribution in [-0.2, 0) is 22.7 Å². The fourth-order valence-corrected chi connectivity index (χ4v) is 1.73. The number of hydrogen-bond donors (Lipinski definition) is 0. The molecule has 0 bridgehead atoms. The van der Waals surface area contributed by atoms with E-state index in [0.717, 1.165) is 12.4 Å². The molecule has 0 aromatic carbocycles. The summed E-state index contributed by atoms with van der Waals surface area (Å²) in [7, 11) is 0. The summed E-state index contributed by atoms with van der Waals surface area (Å²) in [5.74, 6) is 0.737. The Morgan fingerprint density at radius 2 is 2.27 bits per heavy atom. The molecule has 2 heterocycles. The lowest BCUT2D eigenvalue weighted by Crippen LogP contribution is -2.26. The zero-order valence-corrected chi connectivity index (χ0v) is 8.64. The molecule has 80 valence electrons. The molecule has 0 N–H and O–H groups in total. The quantitative estimate of drug-likeness (QED) is 0.665. The van der Waals surface area contributed by atoms with Crippen molar-refractivity contribution in [1.82, 2.24) is 14.5 Å². The third-order valence-corrected chi connectivity index (χ3v) is 2.54. The van der Waals surface area contributed by atoms with Crippen LogP contribution in [0.25, 0.3) is 0 Å². The summed E-state index contributed by atoms with van der Waals surface area (Å²) in [4.78, 5) is 28.2. The van der Waals surface area contributed by atoms with E-state index in [2.05, 4.69) is 4.98 Å². The Morgan fingerprint density at radius 3 is 2.87 bits per heavy atom. The van der Waals surface area contributed by atoms with E-state index in [1.807, 2.05) is 17.7 Å². The van der Waals surface area contributed by atoms with E-state index in [1.165, 1.54) is 0 Å². The summed E-state index contributed by atoms with van der Waals surface area (Å²) in [6, 6.07) is 0. The van der Waals surface area contributed by atoms with Crippen LogP contribution < -0.4 is 0 Å². The number of Topliss-reactive ketones (excluding diaryl/α,β-unsaturated/α-hetero) is 1. The summed E-state index contributed by atoms with van der Waals surface area (Å²) in [6.45, 7) is 3.51. The van der Waals surface area contributed by atoms with Crippen molar-refractivity contribution in [2.45, 2.75) is 26.4 Å². The Hall–Kier alpha value is -1.65. The van der Waals surface area contributed by atoms with Gasteiger partial charge in [0, 0.05) is 18.9 Å². The number of imidazole rings is 1. The van der Waals surface area contributed by atoms with Gasteiger partial charge in [0.05, 0.1) is 19.5 Å². The Balaban J connectivity index is 2.09. The van der Waals surface area contributed by atoms with Crippen LogP contribution >= 0.6 is 0 Å². The van der Waals surface area contributed by atoms with Gasteiger partial charge in [-0.05, 0) is 6.92 Å². The van der Waals surface area contributed by atoms with Crippen LogP contribution in [0.3, 0.4) is 0 Å². The van der Waals surface area contributed by atoms with Crippen LogP contribution in [0, 0.1) is 0 Å². The predicted octanol–water partition coefficient (Wildman–Crippen LogP) is 0.204. The van der Waals surface area contributed by atoms with Crippen LogP contribution in [0.1, 0.15) is 19.2 Å². The molecule has 15 heavy (non-hydrogen) atoms. The van der Waals surface area contributed by atoms with E-state index in [9.17, 15) is 9.59 Å². The molecule has 1 aromatic rings. The molecule has 1 aromatic heterocycles. The van der Waals surface area contributed by atoms with Crippen molar-refractivity contribution in [3.8, 4) is 0 Å². The summed E-state index contributed by atoms with van der Waals surface area (Å²) in [5.41, 5.74) is 0. The topological polar surface area (TPSA) is 55.2 Å². The molecule has 0 atom stereocenters. The monoisotopic (exact) mass is 207 g/mol. The second-order valence-corrected chi connectivity index (χ2v) is 3.59. The van der Waals surface area contributed by atoms with E-state index in [0.29, 0.717) is 6.54 Å². The average molecular weight is 207 g/mol. The molecule has 2 rings (SSSR count). The van der Waals surface area contributed by atoms with Gasteiger partial charge in [-0.1, -0.05) is 0 Å². The van der Waals surface area contributed by atoms with Crippen molar-refractivity contribution in [3.63, 3.8) is 0 Å². The van der Waals surface area contributed by atoms with Crippen molar-refractivity contribution < 1.29 is 9.59 Å². The number of likely N-dealkylation sites (tertiary alicyclic amines) is 1. The molecule has 5 heteroatoms. The fraction of sp³-hybridized carbons (Fsp3) is 0.500. The van der Waals surface area contributed by atoms with E-state index in [1.54, 1.807) is 11.1 Å². The molecule has 0 unspecified atom stereocenters. The van der Waals surface area contributed by atoms with Crippen molar-refractivity contribution in [3.05, 3.63) is 18.2 Å². The van der Waals surface area contributed by atoms with Gasteiger partial charge in [-0.3, -0.25) is 9.59 Å². The van der Waals surface area contributed by atoms with Gasteiger partial charge in [0.1, 0.15) is 5.82 Å². The Kier molecular flexibility index (Phi) is 2.53. The summed E-state index contributed by atoms with van der Waals surface area (Å²) in [5, 5.41) is 0. The van der Waals surface area contributed by atoms with Crippen molar-refractivity contribution in [1.29, 1.82) is 0 Å². The van der Waals surface area contributed by atoms with Crippen LogP contribution in [0.2, 0.25) is 0 Å². The van der Waals surface area contributed by atoms with Crippen molar-refractivity contribution in [2.75, 3.05) is 6.54 Å². The maximum atomic E-state index is 11.4. The zero-order valence-electron chi connectivity index (χ0n) is 8.64. The first-order valence-electron chi connectivity index (χ1n) is 5.00. The molecule has 0 saturated carbocycles. The molecule has 1 saturated heterocycles. The first-order chi connectivity index (χ1) is 7.20. The standard InChI is InChI=1S/C10H13N3O2/c1-2-12-4-3-11-9(12)7-13-6-8(14)5-10(13)15/h3-4H,2,5-7H2,1H3. The third kappa shape index (κ3) is 1.91. The molecule has 0 aliphatic carbocycles. The molecular weight excluding hydrogens is 194 g/mol. The number of carbonyl (C=O) groups excluding carboxylic acids is 2. The van der Waals surface area contributed by atoms with Gasteiger partial charge >= 0.3 is 0 Å². The van der Waals surface area contributed by atoms with E-state index >= 15 is 0 Å². The fourth-order valence-electron chi connectivity index (χ4n) is 1.73. The second-order valence-electron chi connectivity index (χ2n) is 3.59. The third-order valence-electron chi connectivity index (χ3n) is 2.54. The zero-order chi connectivity index (χ0) is 10.8. The molecule has 0 radical (unpaired) electrons. The highest BCUT2D eigenvalue weighted by Gasteiger charge is 2.27. The SMILES string of the molecule is CCn1ccnc1CN1CC(=O)CC1=O. The van der Waals surface area contributed by atoms with Crippen LogP contribution in [0.5, 0.6) is 0 Å². The van der Waals surface area contributed by atoms with Crippen LogP contribution in [0.4, 0.5) is 0 Å². The molecule has 1 fully saturated rings. The molecule has 1 amide bonds. The van der Waals surface area contributed by atoms with Gasteiger partial charge in [-0.25, -0.2) is 4.98 Å². The lowest BCUT2D eigenvalue weighted by Gasteiger charge is -2.14. The lowest BCUT2D eigenvalue weighted by molar-refractivity contribution is -0.128. The number of hydrogen-bond acceptors (Lipinski definition) is 3. The van der Waals surface area contributed by atoms with Gasteiger partial charge < -0.3 is 9.47 Å². The minimum absolute atomic E-state index is 0.00500. The highest BCUT2D eigenvalue weighted by Crippen LogP contribution is 2.10. The first kappa shape index (κ1) is 9.89. The molecule has 0 spiro atoms. The first-order valence-corrected chi connectivity index (χ1v) is 5.00. The number of amides is 1. The Morgan fingerprint density at radius 1 is 1.47 bits per heavy atom. The number of rotatable bonds is 3. The maximum Gasteiger partial charge on any atom is 0.230 e. The van der Waals surface area contributed by atoms with E-state index in [-0.39, 0.29) is 24.7 Å². The van der Waals surface area contributed by atoms with Crippen LogP contribution in [0.15, 0.2) is 12.4 Å². The number of nitrogens with zero attached hydrogens (tertiary/aromatic N) is 3. The molecule has 1 aliphatic heterocycles. The van der Waals surface area contributed by atoms with Gasteiger partial charge in [-0.15, -0.1) is 0 Å². The summed E-state index contributed by atoms with van der Waals surface area (Å²) < 4.78 is 1.97. The molecule has 1 aliphatic rings. The van der Waals surface area contributed by atoms with Crippen molar-refractivity contribution >= 4 is 11.7 Å². The summed E-state index contributed by atoms with van der Waals surface area (Å²) in [6.07, 6.45) is 3.63. The molecule has 5 nitrogen and oxygen atoms in total. The second kappa shape index (κ2) is 3.84. The predicted molar refractivity (Wildman–Crippen MR) is 52.9 cm³/mol. The van der Waals surface area contributed by atoms with Gasteiger partial charge in [0.2, 0.25) is 5.91 Å². The minimum Gasteiger partial charge on any atom is -0.334 e. The van der Waals surface area contributed by atoms with E-state index < -0.39 is 0 Å². The highest BCUT2D eigenvalue weighted by atomic mass is 16.2. The van der Waals surface area contributed by atoms with Crippen molar-refractivity contribution in [2.24, 2.45) is 0 Å². The van der Waals surface area contributed by atoms with Gasteiger partial charge in [0.15, 0.2) is 5.78 Å². The average Bonchev–Trinajstić information content (AvgIpc) is 2.74. The minimum atomic E-state index is -0.0920. The smallest absolute Gasteiger partial charge is 0.230 e. The van der Waals surface area contributed by atoms with Crippen LogP contribution in [-0.4, -0.2) is 32.7 Å². The van der Waals surface area contributed by atoms with Gasteiger partial charge in [0.25, 0.3) is 0 Å². The normalized spacial score (nSPS) is 16.5. The van der Waals surface area contributed by atoms with Gasteiger partial charge in [-0.2, -0.15) is 0 Å². The maximum absolute atomic E-state index is 11.4. The summed E-state index contributed by atoms with van der Waals surface area (Å²) >= 11 is 0. The number of carbonyl (C=O) groups is 2. The lowest BCUT2D eigenvalue weighted by atomic mass is 10.3. The Bertz CT molecular complexity index is 397. The molecular formula is C10H13N3O2.